The van der Waals surface area contributed by atoms with Crippen molar-refractivity contribution in [3.8, 4) is 0 Å². The summed E-state index contributed by atoms with van der Waals surface area (Å²) in [5, 5.41) is 3.47. The van der Waals surface area contributed by atoms with E-state index in [1.54, 1.807) is 12.1 Å². The van der Waals surface area contributed by atoms with E-state index in [0.717, 1.165) is 32.1 Å². The van der Waals surface area contributed by atoms with Crippen LogP contribution in [0.3, 0.4) is 0 Å². The summed E-state index contributed by atoms with van der Waals surface area (Å²) in [5.74, 6) is -1.14. The minimum Gasteiger partial charge on any atom is -0.378 e. The second-order valence-corrected chi connectivity index (χ2v) is 5.51. The maximum Gasteiger partial charge on any atom is 0.162 e. The molecule has 112 valence electrons. The molecule has 0 aliphatic carbocycles. The Morgan fingerprint density at radius 2 is 2.20 bits per heavy atom. The van der Waals surface area contributed by atoms with E-state index in [4.69, 9.17) is 4.74 Å². The molecular weight excluding hydrogens is 260 g/mol. The average Bonchev–Trinajstić information content (AvgIpc) is 2.85. The van der Waals surface area contributed by atoms with Crippen LogP contribution in [0.2, 0.25) is 0 Å². The van der Waals surface area contributed by atoms with Crippen molar-refractivity contribution in [3.63, 3.8) is 0 Å². The molecule has 3 unspecified atom stereocenters. The summed E-state index contributed by atoms with van der Waals surface area (Å²) < 4.78 is 32.8. The molecule has 1 aromatic carbocycles. The molecule has 0 spiro atoms. The van der Waals surface area contributed by atoms with Crippen molar-refractivity contribution in [2.75, 3.05) is 13.2 Å². The average molecular weight is 283 g/mol. The first-order chi connectivity index (χ1) is 9.63. The topological polar surface area (TPSA) is 21.3 Å². The van der Waals surface area contributed by atoms with Gasteiger partial charge in [-0.2, -0.15) is 0 Å². The van der Waals surface area contributed by atoms with Gasteiger partial charge in [0.1, 0.15) is 0 Å². The molecule has 20 heavy (non-hydrogen) atoms. The Hall–Kier alpha value is -1.00. The van der Waals surface area contributed by atoms with Gasteiger partial charge in [-0.15, -0.1) is 0 Å². The minimum atomic E-state index is -0.771. The molecule has 1 aliphatic rings. The van der Waals surface area contributed by atoms with Crippen LogP contribution in [0.1, 0.15) is 32.3 Å². The Bertz CT molecular complexity index is 438. The smallest absolute Gasteiger partial charge is 0.162 e. The number of benzene rings is 1. The molecular formula is C16H23F2NO. The first kappa shape index (κ1) is 15.4. The normalized spacial score (nSPS) is 24.0. The Balaban J connectivity index is 2.12. The van der Waals surface area contributed by atoms with Gasteiger partial charge < -0.3 is 10.1 Å². The molecule has 2 rings (SSSR count). The van der Waals surface area contributed by atoms with Crippen LogP contribution in [-0.2, 0) is 11.2 Å². The molecule has 1 aromatic rings. The summed E-state index contributed by atoms with van der Waals surface area (Å²) in [6.07, 6.45) is 2.66. The number of hydrogen-bond donors (Lipinski definition) is 1. The Labute approximate surface area is 119 Å². The molecule has 0 aromatic heterocycles. The predicted octanol–water partition coefficient (Wildman–Crippen LogP) is 3.30. The minimum absolute atomic E-state index is 0.128. The monoisotopic (exact) mass is 283 g/mol. The van der Waals surface area contributed by atoms with Crippen LogP contribution in [-0.4, -0.2) is 25.3 Å². The molecule has 0 saturated carbocycles. The van der Waals surface area contributed by atoms with Crippen LogP contribution >= 0.6 is 0 Å². The standard InChI is InChI=1S/C16H23F2NO/c1-3-8-19-15(13-7-9-20-11(13)2)10-12-5-4-6-14(17)16(12)18/h4-6,11,13,15,19H,3,7-10H2,1-2H3. The first-order valence-electron chi connectivity index (χ1n) is 7.41. The van der Waals surface area contributed by atoms with Crippen molar-refractivity contribution >= 4 is 0 Å². The summed E-state index contributed by atoms with van der Waals surface area (Å²) in [6, 6.07) is 4.52. The number of hydrogen-bond acceptors (Lipinski definition) is 2. The third kappa shape index (κ3) is 3.55. The molecule has 4 heteroatoms. The lowest BCUT2D eigenvalue weighted by Crippen LogP contribution is -2.41. The van der Waals surface area contributed by atoms with Gasteiger partial charge in [0.2, 0.25) is 0 Å². The van der Waals surface area contributed by atoms with Gasteiger partial charge in [0.25, 0.3) is 0 Å². The van der Waals surface area contributed by atoms with Crippen LogP contribution < -0.4 is 5.32 Å². The van der Waals surface area contributed by atoms with Gasteiger partial charge in [-0.05, 0) is 44.4 Å². The highest BCUT2D eigenvalue weighted by Gasteiger charge is 2.32. The Morgan fingerprint density at radius 3 is 2.85 bits per heavy atom. The van der Waals surface area contributed by atoms with E-state index in [-0.39, 0.29) is 12.1 Å². The summed E-state index contributed by atoms with van der Waals surface area (Å²) in [4.78, 5) is 0. The van der Waals surface area contributed by atoms with Gasteiger partial charge >= 0.3 is 0 Å². The largest absolute Gasteiger partial charge is 0.378 e. The van der Waals surface area contributed by atoms with E-state index in [1.165, 1.54) is 0 Å². The van der Waals surface area contributed by atoms with Crippen LogP contribution in [0.15, 0.2) is 18.2 Å². The molecule has 1 heterocycles. The van der Waals surface area contributed by atoms with Crippen LogP contribution in [0.25, 0.3) is 0 Å². The molecule has 1 N–H and O–H groups in total. The summed E-state index contributed by atoms with van der Waals surface area (Å²) in [6.45, 7) is 5.79. The lowest BCUT2D eigenvalue weighted by Gasteiger charge is -2.27. The van der Waals surface area contributed by atoms with Crippen molar-refractivity contribution in [3.05, 3.63) is 35.4 Å². The summed E-state index contributed by atoms with van der Waals surface area (Å²) >= 11 is 0. The van der Waals surface area contributed by atoms with Crippen molar-refractivity contribution in [2.45, 2.75) is 45.3 Å². The van der Waals surface area contributed by atoms with E-state index < -0.39 is 11.6 Å². The van der Waals surface area contributed by atoms with Crippen LogP contribution in [0, 0.1) is 17.6 Å². The molecule has 1 aliphatic heterocycles. The van der Waals surface area contributed by atoms with Crippen LogP contribution in [0.4, 0.5) is 8.78 Å². The zero-order valence-corrected chi connectivity index (χ0v) is 12.2. The summed E-state index contributed by atoms with van der Waals surface area (Å²) in [5.41, 5.74) is 0.442. The van der Waals surface area contributed by atoms with Crippen molar-refractivity contribution in [1.82, 2.24) is 5.32 Å². The van der Waals surface area contributed by atoms with Gasteiger partial charge in [0, 0.05) is 18.6 Å². The van der Waals surface area contributed by atoms with Crippen molar-refractivity contribution in [2.24, 2.45) is 5.92 Å². The predicted molar refractivity (Wildman–Crippen MR) is 75.7 cm³/mol. The van der Waals surface area contributed by atoms with E-state index in [1.807, 2.05) is 0 Å². The van der Waals surface area contributed by atoms with Crippen molar-refractivity contribution < 1.29 is 13.5 Å². The fourth-order valence-electron chi connectivity index (χ4n) is 2.92. The molecule has 0 amide bonds. The molecule has 0 radical (unpaired) electrons. The fraction of sp³-hybridized carbons (Fsp3) is 0.625. The maximum absolute atomic E-state index is 13.8. The van der Waals surface area contributed by atoms with E-state index in [0.29, 0.717) is 17.9 Å². The zero-order chi connectivity index (χ0) is 14.5. The first-order valence-corrected chi connectivity index (χ1v) is 7.41. The third-order valence-electron chi connectivity index (χ3n) is 4.08. The van der Waals surface area contributed by atoms with Gasteiger partial charge in [-0.25, -0.2) is 8.78 Å². The van der Waals surface area contributed by atoms with Crippen LogP contribution in [0.5, 0.6) is 0 Å². The molecule has 1 fully saturated rings. The highest BCUT2D eigenvalue weighted by atomic mass is 19.2. The molecule has 1 saturated heterocycles. The highest BCUT2D eigenvalue weighted by Crippen LogP contribution is 2.27. The fourth-order valence-corrected chi connectivity index (χ4v) is 2.92. The number of halogens is 2. The quantitative estimate of drug-likeness (QED) is 0.865. The zero-order valence-electron chi connectivity index (χ0n) is 12.2. The molecule has 3 atom stereocenters. The van der Waals surface area contributed by atoms with E-state index in [2.05, 4.69) is 19.2 Å². The van der Waals surface area contributed by atoms with Gasteiger partial charge in [0.15, 0.2) is 11.6 Å². The molecule has 0 bridgehead atoms. The third-order valence-corrected chi connectivity index (χ3v) is 4.08. The maximum atomic E-state index is 13.8. The highest BCUT2D eigenvalue weighted by molar-refractivity contribution is 5.20. The van der Waals surface area contributed by atoms with E-state index >= 15 is 0 Å². The SMILES string of the molecule is CCCNC(Cc1cccc(F)c1F)C1CCOC1C. The summed E-state index contributed by atoms with van der Waals surface area (Å²) in [7, 11) is 0. The molecule has 2 nitrogen and oxygen atoms in total. The van der Waals surface area contributed by atoms with Gasteiger partial charge in [-0.3, -0.25) is 0 Å². The second kappa shape index (κ2) is 7.14. The second-order valence-electron chi connectivity index (χ2n) is 5.51. The Kier molecular flexibility index (Phi) is 5.49. The lowest BCUT2D eigenvalue weighted by atomic mass is 9.88. The van der Waals surface area contributed by atoms with Gasteiger partial charge in [-0.1, -0.05) is 19.1 Å². The number of nitrogens with one attached hydrogen (secondary N) is 1. The number of rotatable bonds is 6. The van der Waals surface area contributed by atoms with Crippen molar-refractivity contribution in [1.29, 1.82) is 0 Å². The Morgan fingerprint density at radius 1 is 1.40 bits per heavy atom. The van der Waals surface area contributed by atoms with Gasteiger partial charge in [0.05, 0.1) is 6.10 Å². The lowest BCUT2D eigenvalue weighted by molar-refractivity contribution is 0.0952. The number of ether oxygens (including phenoxy) is 1. The van der Waals surface area contributed by atoms with E-state index in [9.17, 15) is 8.78 Å².